The molecule has 21 heavy (non-hydrogen) atoms. The number of rotatable bonds is 8. The van der Waals surface area contributed by atoms with E-state index in [1.165, 1.54) is 23.9 Å². The quantitative estimate of drug-likeness (QED) is 0.416. The zero-order valence-electron chi connectivity index (χ0n) is 10.8. The van der Waals surface area contributed by atoms with Gasteiger partial charge in [-0.2, -0.15) is 11.8 Å². The number of benzene rings is 1. The molecular formula is C11H13N3O6S. The van der Waals surface area contributed by atoms with Crippen LogP contribution in [0.1, 0.15) is 12.0 Å². The largest absolute Gasteiger partial charge is 0.480 e. The first kappa shape index (κ1) is 16.9. The molecule has 9 nitrogen and oxygen atoms in total. The van der Waals surface area contributed by atoms with Crippen LogP contribution in [0.2, 0.25) is 0 Å². The number of carboxylic acid groups (broad SMARTS) is 1. The Morgan fingerprint density at radius 1 is 1.33 bits per heavy atom. The van der Waals surface area contributed by atoms with E-state index < -0.39 is 21.9 Å². The molecular weight excluding hydrogens is 302 g/mol. The lowest BCUT2D eigenvalue weighted by atomic mass is 10.2. The van der Waals surface area contributed by atoms with E-state index >= 15 is 0 Å². The first-order valence-electron chi connectivity index (χ1n) is 5.80. The van der Waals surface area contributed by atoms with Crippen molar-refractivity contribution in [1.82, 2.24) is 0 Å². The van der Waals surface area contributed by atoms with Crippen molar-refractivity contribution in [3.8, 4) is 0 Å². The Morgan fingerprint density at radius 2 is 2.00 bits per heavy atom. The van der Waals surface area contributed by atoms with Crippen molar-refractivity contribution in [2.75, 3.05) is 5.75 Å². The molecule has 3 N–H and O–H groups in total. The zero-order valence-corrected chi connectivity index (χ0v) is 11.6. The minimum Gasteiger partial charge on any atom is -0.480 e. The fraction of sp³-hybridized carbons (Fsp3) is 0.364. The van der Waals surface area contributed by atoms with Crippen LogP contribution < -0.4 is 5.73 Å². The summed E-state index contributed by atoms with van der Waals surface area (Å²) in [5.41, 5.74) is 5.01. The summed E-state index contributed by atoms with van der Waals surface area (Å²) in [7, 11) is 0. The number of nitrogens with zero attached hydrogens (tertiary/aromatic N) is 2. The highest BCUT2D eigenvalue weighted by Crippen LogP contribution is 2.28. The fourth-order valence-electron chi connectivity index (χ4n) is 1.47. The molecule has 0 aliphatic heterocycles. The number of carboxylic acids is 1. The third-order valence-corrected chi connectivity index (χ3v) is 3.66. The van der Waals surface area contributed by atoms with Gasteiger partial charge in [0, 0.05) is 17.4 Å². The first-order chi connectivity index (χ1) is 9.82. The van der Waals surface area contributed by atoms with Crippen LogP contribution in [0.3, 0.4) is 0 Å². The molecule has 0 aliphatic carbocycles. The lowest BCUT2D eigenvalue weighted by Gasteiger charge is -2.06. The van der Waals surface area contributed by atoms with E-state index in [1.807, 2.05) is 0 Å². The second-order valence-corrected chi connectivity index (χ2v) is 5.22. The van der Waals surface area contributed by atoms with Crippen LogP contribution in [-0.4, -0.2) is 32.7 Å². The number of aliphatic carboxylic acids is 1. The third-order valence-electron chi connectivity index (χ3n) is 2.62. The van der Waals surface area contributed by atoms with Gasteiger partial charge in [0.1, 0.15) is 6.04 Å². The highest BCUT2D eigenvalue weighted by molar-refractivity contribution is 7.98. The van der Waals surface area contributed by atoms with Gasteiger partial charge in [0.2, 0.25) is 0 Å². The van der Waals surface area contributed by atoms with Gasteiger partial charge in [-0.05, 0) is 18.2 Å². The van der Waals surface area contributed by atoms with Crippen LogP contribution >= 0.6 is 11.8 Å². The average Bonchev–Trinajstić information content (AvgIpc) is 2.42. The van der Waals surface area contributed by atoms with Gasteiger partial charge in [-0.25, -0.2) is 0 Å². The van der Waals surface area contributed by atoms with Gasteiger partial charge in [0.15, 0.2) is 0 Å². The predicted molar refractivity (Wildman–Crippen MR) is 76.1 cm³/mol. The van der Waals surface area contributed by atoms with E-state index in [0.717, 1.165) is 6.07 Å². The van der Waals surface area contributed by atoms with Crippen molar-refractivity contribution in [2.45, 2.75) is 18.2 Å². The molecule has 1 aromatic carbocycles. The molecule has 0 fully saturated rings. The molecule has 0 aliphatic rings. The van der Waals surface area contributed by atoms with E-state index in [2.05, 4.69) is 0 Å². The Morgan fingerprint density at radius 3 is 2.52 bits per heavy atom. The maximum absolute atomic E-state index is 10.9. The number of non-ortho nitro benzene ring substituents is 1. The maximum Gasteiger partial charge on any atom is 0.320 e. The van der Waals surface area contributed by atoms with Crippen molar-refractivity contribution in [2.24, 2.45) is 5.73 Å². The van der Waals surface area contributed by atoms with E-state index in [4.69, 9.17) is 10.8 Å². The van der Waals surface area contributed by atoms with Gasteiger partial charge in [0.25, 0.3) is 11.4 Å². The minimum atomic E-state index is -1.10. The maximum atomic E-state index is 10.9. The SMILES string of the molecule is NC(CCSCc1ccc([N+](=O)[O-])cc1[N+](=O)[O-])C(=O)O. The monoisotopic (exact) mass is 315 g/mol. The van der Waals surface area contributed by atoms with Gasteiger partial charge in [-0.15, -0.1) is 0 Å². The smallest absolute Gasteiger partial charge is 0.320 e. The van der Waals surface area contributed by atoms with Gasteiger partial charge >= 0.3 is 5.97 Å². The van der Waals surface area contributed by atoms with E-state index in [9.17, 15) is 25.0 Å². The molecule has 1 aromatic rings. The molecule has 114 valence electrons. The lowest BCUT2D eigenvalue weighted by Crippen LogP contribution is -2.30. The summed E-state index contributed by atoms with van der Waals surface area (Å²) in [6.07, 6.45) is 0.237. The lowest BCUT2D eigenvalue weighted by molar-refractivity contribution is -0.394. The molecule has 0 heterocycles. The first-order valence-corrected chi connectivity index (χ1v) is 6.96. The molecule has 0 saturated heterocycles. The Kier molecular flexibility index (Phi) is 6.06. The Balaban J connectivity index is 2.68. The average molecular weight is 315 g/mol. The van der Waals surface area contributed by atoms with Crippen molar-refractivity contribution in [1.29, 1.82) is 0 Å². The molecule has 0 bridgehead atoms. The highest BCUT2D eigenvalue weighted by atomic mass is 32.2. The summed E-state index contributed by atoms with van der Waals surface area (Å²) in [4.78, 5) is 30.6. The second kappa shape index (κ2) is 7.55. The predicted octanol–water partition coefficient (Wildman–Crippen LogP) is 1.54. The number of hydrogen-bond donors (Lipinski definition) is 2. The van der Waals surface area contributed by atoms with Crippen LogP contribution in [0.4, 0.5) is 11.4 Å². The summed E-state index contributed by atoms with van der Waals surface area (Å²) in [5.74, 6) is -0.431. The molecule has 1 rings (SSSR count). The van der Waals surface area contributed by atoms with Crippen molar-refractivity contribution in [3.05, 3.63) is 44.0 Å². The molecule has 0 radical (unpaired) electrons. The summed E-state index contributed by atoms with van der Waals surface area (Å²) in [5, 5.41) is 30.1. The van der Waals surface area contributed by atoms with Crippen LogP contribution in [0.15, 0.2) is 18.2 Å². The second-order valence-electron chi connectivity index (χ2n) is 4.11. The van der Waals surface area contributed by atoms with Gasteiger partial charge in [0.05, 0.1) is 15.9 Å². The molecule has 10 heteroatoms. The molecule has 0 amide bonds. The molecule has 1 unspecified atom stereocenters. The van der Waals surface area contributed by atoms with Crippen molar-refractivity contribution in [3.63, 3.8) is 0 Å². The zero-order chi connectivity index (χ0) is 16.0. The van der Waals surface area contributed by atoms with Gasteiger partial charge in [-0.3, -0.25) is 25.0 Å². The number of nitrogens with two attached hydrogens (primary N) is 1. The molecule has 1 atom stereocenters. The number of carbonyl (C=O) groups is 1. The fourth-order valence-corrected chi connectivity index (χ4v) is 2.50. The van der Waals surface area contributed by atoms with E-state index in [1.54, 1.807) is 0 Å². The molecule has 0 spiro atoms. The normalized spacial score (nSPS) is 11.9. The van der Waals surface area contributed by atoms with Crippen LogP contribution in [0, 0.1) is 20.2 Å². The summed E-state index contributed by atoms with van der Waals surface area (Å²) < 4.78 is 0. The molecule has 0 aromatic heterocycles. The van der Waals surface area contributed by atoms with Crippen molar-refractivity contribution >= 4 is 29.1 Å². The van der Waals surface area contributed by atoms with Crippen LogP contribution in [-0.2, 0) is 10.5 Å². The number of hydrogen-bond acceptors (Lipinski definition) is 7. The Bertz CT molecular complexity index is 565. The van der Waals surface area contributed by atoms with Gasteiger partial charge in [-0.1, -0.05) is 0 Å². The Hall–Kier alpha value is -2.20. The van der Waals surface area contributed by atoms with Crippen molar-refractivity contribution < 1.29 is 19.7 Å². The summed E-state index contributed by atoms with van der Waals surface area (Å²) in [6.45, 7) is 0. The van der Waals surface area contributed by atoms with Crippen LogP contribution in [0.5, 0.6) is 0 Å². The number of thioether (sulfide) groups is 1. The molecule has 0 saturated carbocycles. The minimum absolute atomic E-state index is 0.237. The third kappa shape index (κ3) is 5.00. The summed E-state index contributed by atoms with van der Waals surface area (Å²) >= 11 is 1.28. The highest BCUT2D eigenvalue weighted by Gasteiger charge is 2.19. The standard InChI is InChI=1S/C11H13N3O6S/c12-9(11(15)16)3-4-21-6-7-1-2-8(13(17)18)5-10(7)14(19)20/h1-2,5,9H,3-4,6,12H2,(H,15,16). The number of nitro groups is 2. The van der Waals surface area contributed by atoms with E-state index in [-0.39, 0.29) is 23.5 Å². The Labute approximate surface area is 123 Å². The number of nitro benzene ring substituents is 2. The topological polar surface area (TPSA) is 150 Å². The van der Waals surface area contributed by atoms with E-state index in [0.29, 0.717) is 11.3 Å². The van der Waals surface area contributed by atoms with Gasteiger partial charge < -0.3 is 10.8 Å². The summed E-state index contributed by atoms with van der Waals surface area (Å²) in [6, 6.07) is 2.48. The van der Waals surface area contributed by atoms with Crippen LogP contribution in [0.25, 0.3) is 0 Å².